The molecular formula is C13H22ClN3. The van der Waals surface area contributed by atoms with Gasteiger partial charge in [-0.1, -0.05) is 39.3 Å². The second-order valence-corrected chi connectivity index (χ2v) is 6.04. The summed E-state index contributed by atoms with van der Waals surface area (Å²) >= 11 is 6.03. The molecule has 0 radical (unpaired) electrons. The Hall–Kier alpha value is -0.830. The molecule has 1 rings (SSSR count). The van der Waals surface area contributed by atoms with E-state index in [-0.39, 0.29) is 5.41 Å². The van der Waals surface area contributed by atoms with E-state index in [1.54, 1.807) is 0 Å². The van der Waals surface area contributed by atoms with Gasteiger partial charge in [0.2, 0.25) is 0 Å². The molecule has 1 aromatic rings. The lowest BCUT2D eigenvalue weighted by Crippen LogP contribution is -2.25. The van der Waals surface area contributed by atoms with Crippen molar-refractivity contribution in [3.8, 4) is 0 Å². The molecule has 96 valence electrons. The van der Waals surface area contributed by atoms with Crippen LogP contribution in [0.4, 0.5) is 5.82 Å². The van der Waals surface area contributed by atoms with Gasteiger partial charge in [-0.15, -0.1) is 0 Å². The van der Waals surface area contributed by atoms with E-state index in [9.17, 15) is 0 Å². The van der Waals surface area contributed by atoms with Crippen molar-refractivity contribution < 1.29 is 0 Å². The second kappa shape index (κ2) is 5.21. The van der Waals surface area contributed by atoms with Crippen LogP contribution in [0.3, 0.4) is 0 Å². The number of hydrogen-bond donors (Lipinski definition) is 1. The maximum absolute atomic E-state index is 6.03. The fraction of sp³-hybridized carbons (Fsp3) is 0.692. The molecule has 3 nitrogen and oxygen atoms in total. The first-order chi connectivity index (χ1) is 7.71. The fourth-order valence-corrected chi connectivity index (χ4v) is 1.53. The molecule has 4 heteroatoms. The minimum absolute atomic E-state index is 0.284. The largest absolute Gasteiger partial charge is 0.369 e. The quantitative estimate of drug-likeness (QED) is 0.834. The van der Waals surface area contributed by atoms with Crippen molar-refractivity contribution >= 4 is 17.4 Å². The number of anilines is 1. The van der Waals surface area contributed by atoms with E-state index in [1.807, 2.05) is 13.8 Å². The molecule has 0 saturated carbocycles. The smallest absolute Gasteiger partial charge is 0.137 e. The van der Waals surface area contributed by atoms with Crippen molar-refractivity contribution in [1.82, 2.24) is 9.97 Å². The minimum Gasteiger partial charge on any atom is -0.369 e. The summed E-state index contributed by atoms with van der Waals surface area (Å²) in [6.45, 7) is 13.6. The fourth-order valence-electron chi connectivity index (χ4n) is 1.32. The predicted octanol–water partition coefficient (Wildman–Crippen LogP) is 3.84. The van der Waals surface area contributed by atoms with E-state index < -0.39 is 0 Å². The summed E-state index contributed by atoms with van der Waals surface area (Å²) < 4.78 is 0. The van der Waals surface area contributed by atoms with E-state index in [0.717, 1.165) is 17.9 Å². The zero-order valence-electron chi connectivity index (χ0n) is 11.6. The highest BCUT2D eigenvalue weighted by Crippen LogP contribution is 2.26. The van der Waals surface area contributed by atoms with Crippen molar-refractivity contribution in [2.24, 2.45) is 11.3 Å². The number of rotatable bonds is 3. The summed E-state index contributed by atoms with van der Waals surface area (Å²) in [5.41, 5.74) is 1.20. The molecule has 0 bridgehead atoms. The van der Waals surface area contributed by atoms with Crippen LogP contribution in [0.15, 0.2) is 0 Å². The number of nitrogens with zero attached hydrogens (tertiary/aromatic N) is 2. The number of nitrogens with one attached hydrogen (secondary N) is 1. The van der Waals surface area contributed by atoms with Crippen molar-refractivity contribution in [3.05, 3.63) is 16.5 Å². The van der Waals surface area contributed by atoms with Crippen LogP contribution in [0.1, 0.15) is 39.1 Å². The van der Waals surface area contributed by atoms with E-state index in [1.165, 1.54) is 0 Å². The third-order valence-electron chi connectivity index (χ3n) is 3.25. The van der Waals surface area contributed by atoms with Gasteiger partial charge in [-0.25, -0.2) is 9.97 Å². The molecule has 0 saturated heterocycles. The molecule has 0 aliphatic heterocycles. The Kier molecular flexibility index (Phi) is 4.36. The third kappa shape index (κ3) is 3.84. The maximum atomic E-state index is 6.03. The standard InChI is InChI=1S/C13H22ClN3/c1-8(13(4,5)6)7-15-12-9(2)11(14)16-10(3)17-12/h8H,7H2,1-6H3,(H,15,16,17). The molecule has 0 amide bonds. The lowest BCUT2D eigenvalue weighted by atomic mass is 9.82. The van der Waals surface area contributed by atoms with Crippen LogP contribution in [0.25, 0.3) is 0 Å². The van der Waals surface area contributed by atoms with Gasteiger partial charge in [0, 0.05) is 12.1 Å². The Morgan fingerprint density at radius 2 is 1.82 bits per heavy atom. The summed E-state index contributed by atoms with van der Waals surface area (Å²) in [4.78, 5) is 8.50. The van der Waals surface area contributed by atoms with Crippen molar-refractivity contribution in [3.63, 3.8) is 0 Å². The van der Waals surface area contributed by atoms with Crippen LogP contribution in [0.5, 0.6) is 0 Å². The average molecular weight is 256 g/mol. The summed E-state index contributed by atoms with van der Waals surface area (Å²) in [6, 6.07) is 0. The number of aromatic nitrogens is 2. The van der Waals surface area contributed by atoms with Crippen molar-refractivity contribution in [2.75, 3.05) is 11.9 Å². The van der Waals surface area contributed by atoms with Gasteiger partial charge in [0.15, 0.2) is 0 Å². The number of aryl methyl sites for hydroxylation is 1. The van der Waals surface area contributed by atoms with Gasteiger partial charge in [0.05, 0.1) is 0 Å². The van der Waals surface area contributed by atoms with Gasteiger partial charge >= 0.3 is 0 Å². The zero-order valence-corrected chi connectivity index (χ0v) is 12.3. The highest BCUT2D eigenvalue weighted by Gasteiger charge is 2.20. The molecule has 1 heterocycles. The molecule has 0 aliphatic rings. The van der Waals surface area contributed by atoms with E-state index in [0.29, 0.717) is 16.9 Å². The molecule has 1 N–H and O–H groups in total. The van der Waals surface area contributed by atoms with Crippen molar-refractivity contribution in [1.29, 1.82) is 0 Å². The summed E-state index contributed by atoms with van der Waals surface area (Å²) in [5, 5.41) is 3.90. The Bertz CT molecular complexity index is 396. The second-order valence-electron chi connectivity index (χ2n) is 5.68. The van der Waals surface area contributed by atoms with Gasteiger partial charge in [-0.05, 0) is 25.2 Å². The first kappa shape index (κ1) is 14.2. The van der Waals surface area contributed by atoms with Crippen LogP contribution in [-0.4, -0.2) is 16.5 Å². The van der Waals surface area contributed by atoms with Gasteiger partial charge in [-0.3, -0.25) is 0 Å². The lowest BCUT2D eigenvalue weighted by molar-refractivity contribution is 0.274. The van der Waals surface area contributed by atoms with Crippen LogP contribution < -0.4 is 5.32 Å². The molecule has 1 atom stereocenters. The maximum Gasteiger partial charge on any atom is 0.137 e. The Labute approximate surface area is 109 Å². The topological polar surface area (TPSA) is 37.8 Å². The van der Waals surface area contributed by atoms with Gasteiger partial charge < -0.3 is 5.32 Å². The van der Waals surface area contributed by atoms with Crippen LogP contribution >= 0.6 is 11.6 Å². The van der Waals surface area contributed by atoms with Crippen molar-refractivity contribution in [2.45, 2.75) is 41.5 Å². The molecule has 17 heavy (non-hydrogen) atoms. The Balaban J connectivity index is 2.76. The summed E-state index contributed by atoms with van der Waals surface area (Å²) in [7, 11) is 0. The van der Waals surface area contributed by atoms with Gasteiger partial charge in [0.25, 0.3) is 0 Å². The van der Waals surface area contributed by atoms with E-state index in [2.05, 4.69) is 43.0 Å². The molecule has 0 aliphatic carbocycles. The average Bonchev–Trinajstić information content (AvgIpc) is 2.19. The molecule has 1 unspecified atom stereocenters. The highest BCUT2D eigenvalue weighted by atomic mass is 35.5. The van der Waals surface area contributed by atoms with Crippen LogP contribution in [0.2, 0.25) is 5.15 Å². The van der Waals surface area contributed by atoms with E-state index >= 15 is 0 Å². The minimum atomic E-state index is 0.284. The Morgan fingerprint density at radius 3 is 2.35 bits per heavy atom. The molecule has 0 fully saturated rings. The monoisotopic (exact) mass is 255 g/mol. The first-order valence-electron chi connectivity index (χ1n) is 5.96. The summed E-state index contributed by atoms with van der Waals surface area (Å²) in [5.74, 6) is 2.10. The van der Waals surface area contributed by atoms with E-state index in [4.69, 9.17) is 11.6 Å². The third-order valence-corrected chi connectivity index (χ3v) is 3.62. The molecule has 0 spiro atoms. The SMILES string of the molecule is Cc1nc(Cl)c(C)c(NCC(C)C(C)(C)C)n1. The summed E-state index contributed by atoms with van der Waals surface area (Å²) in [6.07, 6.45) is 0. The molecule has 1 aromatic heterocycles. The Morgan fingerprint density at radius 1 is 1.24 bits per heavy atom. The van der Waals surface area contributed by atoms with Crippen LogP contribution in [0, 0.1) is 25.2 Å². The molecule has 0 aromatic carbocycles. The van der Waals surface area contributed by atoms with Gasteiger partial charge in [0.1, 0.15) is 16.8 Å². The highest BCUT2D eigenvalue weighted by molar-refractivity contribution is 6.30. The lowest BCUT2D eigenvalue weighted by Gasteiger charge is -2.27. The molecular weight excluding hydrogens is 234 g/mol. The van der Waals surface area contributed by atoms with Gasteiger partial charge in [-0.2, -0.15) is 0 Å². The predicted molar refractivity (Wildman–Crippen MR) is 73.6 cm³/mol. The normalized spacial score (nSPS) is 13.6. The zero-order chi connectivity index (χ0) is 13.2. The number of halogens is 1. The number of hydrogen-bond acceptors (Lipinski definition) is 3. The first-order valence-corrected chi connectivity index (χ1v) is 6.34. The van der Waals surface area contributed by atoms with Crippen LogP contribution in [-0.2, 0) is 0 Å².